The Hall–Kier alpha value is -0.280. The van der Waals surface area contributed by atoms with E-state index in [2.05, 4.69) is 10.6 Å². The van der Waals surface area contributed by atoms with Gasteiger partial charge in [0.2, 0.25) is 5.91 Å². The third kappa shape index (κ3) is 1.87. The molecule has 3 saturated carbocycles. The minimum Gasteiger partial charge on any atom is -0.352 e. The predicted molar refractivity (Wildman–Crippen MR) is 72.6 cm³/mol. The topological polar surface area (TPSA) is 41.1 Å². The van der Waals surface area contributed by atoms with Crippen molar-refractivity contribution >= 4 is 18.3 Å². The first kappa shape index (κ1) is 12.7. The Morgan fingerprint density at radius 3 is 2.44 bits per heavy atom. The highest BCUT2D eigenvalue weighted by molar-refractivity contribution is 5.85. The Kier molecular flexibility index (Phi) is 3.31. The lowest BCUT2D eigenvalue weighted by molar-refractivity contribution is -0.124. The van der Waals surface area contributed by atoms with Gasteiger partial charge in [-0.25, -0.2) is 0 Å². The van der Waals surface area contributed by atoms with Gasteiger partial charge in [-0.1, -0.05) is 0 Å². The van der Waals surface area contributed by atoms with Crippen LogP contribution >= 0.6 is 12.4 Å². The van der Waals surface area contributed by atoms with Crippen molar-refractivity contribution in [2.45, 2.75) is 38.1 Å². The maximum Gasteiger partial charge on any atom is 0.223 e. The molecule has 4 heteroatoms. The molecule has 3 nitrogen and oxygen atoms in total. The van der Waals surface area contributed by atoms with Crippen LogP contribution < -0.4 is 10.6 Å². The molecule has 18 heavy (non-hydrogen) atoms. The second-order valence-corrected chi connectivity index (χ2v) is 6.57. The summed E-state index contributed by atoms with van der Waals surface area (Å²) >= 11 is 0. The molecular weight excluding hydrogens is 248 g/mol. The van der Waals surface area contributed by atoms with Gasteiger partial charge in [-0.3, -0.25) is 4.79 Å². The molecule has 1 aliphatic heterocycles. The monoisotopic (exact) mass is 270 g/mol. The molecule has 4 fully saturated rings. The number of fused-ring (bicyclic) bond motifs is 5. The second-order valence-electron chi connectivity index (χ2n) is 6.57. The molecule has 102 valence electrons. The maximum atomic E-state index is 12.3. The third-order valence-corrected chi connectivity index (χ3v) is 5.68. The lowest BCUT2D eigenvalue weighted by Gasteiger charge is -2.24. The Morgan fingerprint density at radius 1 is 1.11 bits per heavy atom. The van der Waals surface area contributed by atoms with Gasteiger partial charge < -0.3 is 10.6 Å². The van der Waals surface area contributed by atoms with E-state index in [1.807, 2.05) is 0 Å². The molecule has 2 bridgehead atoms. The Bertz CT molecular complexity index is 327. The fraction of sp³-hybridized carbons (Fsp3) is 0.929. The minimum atomic E-state index is 0. The standard InChI is InChI=1S/C14H22N2O.ClH/c17-14(16-10-2-1-5-15-7-10)13-11-8-3-4-9(6-8)12(11)13;/h8-13,15H,1-7H2,(H,16,17);1H/t8?,9?,10-,11?,12?,13?;/m1./s1. The van der Waals surface area contributed by atoms with Crippen molar-refractivity contribution in [1.29, 1.82) is 0 Å². The molecule has 3 aliphatic carbocycles. The van der Waals surface area contributed by atoms with Crippen molar-refractivity contribution in [2.75, 3.05) is 13.1 Å². The highest BCUT2D eigenvalue weighted by Crippen LogP contribution is 2.69. The molecule has 0 spiro atoms. The first-order valence-electron chi connectivity index (χ1n) is 7.35. The summed E-state index contributed by atoms with van der Waals surface area (Å²) in [6.07, 6.45) is 6.60. The van der Waals surface area contributed by atoms with E-state index >= 15 is 0 Å². The number of carbonyl (C=O) groups excluding carboxylic acids is 1. The molecule has 4 unspecified atom stereocenters. The molecular formula is C14H23ClN2O. The van der Waals surface area contributed by atoms with Crippen LogP contribution in [0.2, 0.25) is 0 Å². The van der Waals surface area contributed by atoms with Crippen LogP contribution in [0.1, 0.15) is 32.1 Å². The summed E-state index contributed by atoms with van der Waals surface area (Å²) in [6.45, 7) is 2.09. The highest BCUT2D eigenvalue weighted by atomic mass is 35.5. The van der Waals surface area contributed by atoms with Crippen LogP contribution in [0.4, 0.5) is 0 Å². The van der Waals surface area contributed by atoms with Crippen LogP contribution in [0.3, 0.4) is 0 Å². The van der Waals surface area contributed by atoms with Crippen LogP contribution in [0.15, 0.2) is 0 Å². The van der Waals surface area contributed by atoms with Crippen molar-refractivity contribution in [2.24, 2.45) is 29.6 Å². The summed E-state index contributed by atoms with van der Waals surface area (Å²) in [5.74, 6) is 4.17. The molecule has 2 N–H and O–H groups in total. The zero-order chi connectivity index (χ0) is 11.4. The summed E-state index contributed by atoms with van der Waals surface area (Å²) in [6, 6.07) is 0.398. The number of hydrogen-bond acceptors (Lipinski definition) is 2. The minimum absolute atomic E-state index is 0. The summed E-state index contributed by atoms with van der Waals surface area (Å²) < 4.78 is 0. The van der Waals surface area contributed by atoms with E-state index in [9.17, 15) is 4.79 Å². The van der Waals surface area contributed by atoms with Gasteiger partial charge in [-0.15, -0.1) is 12.4 Å². The zero-order valence-corrected chi connectivity index (χ0v) is 11.5. The van der Waals surface area contributed by atoms with Gasteiger partial charge in [0.25, 0.3) is 0 Å². The van der Waals surface area contributed by atoms with E-state index in [4.69, 9.17) is 0 Å². The van der Waals surface area contributed by atoms with Crippen molar-refractivity contribution in [3.05, 3.63) is 0 Å². The number of halogens is 1. The fourth-order valence-electron chi connectivity index (χ4n) is 4.95. The highest BCUT2D eigenvalue weighted by Gasteiger charge is 2.67. The quantitative estimate of drug-likeness (QED) is 0.800. The summed E-state index contributed by atoms with van der Waals surface area (Å²) in [5.41, 5.74) is 0. The summed E-state index contributed by atoms with van der Waals surface area (Å²) in [5, 5.41) is 6.64. The molecule has 4 rings (SSSR count). The number of amides is 1. The SMILES string of the molecule is Cl.O=C(N[C@@H]1CCCNC1)C1C2C3CCC(C3)C12. The Morgan fingerprint density at radius 2 is 1.83 bits per heavy atom. The summed E-state index contributed by atoms with van der Waals surface area (Å²) in [7, 11) is 0. The molecule has 1 amide bonds. The molecule has 1 heterocycles. The van der Waals surface area contributed by atoms with Crippen LogP contribution in [0.25, 0.3) is 0 Å². The van der Waals surface area contributed by atoms with Gasteiger partial charge in [-0.05, 0) is 62.3 Å². The molecule has 0 aromatic rings. The molecule has 0 radical (unpaired) electrons. The number of nitrogens with one attached hydrogen (secondary N) is 2. The van der Waals surface area contributed by atoms with Crippen LogP contribution in [-0.4, -0.2) is 25.0 Å². The average molecular weight is 271 g/mol. The number of piperidine rings is 1. The van der Waals surface area contributed by atoms with Gasteiger partial charge in [0.1, 0.15) is 0 Å². The number of carbonyl (C=O) groups is 1. The van der Waals surface area contributed by atoms with Crippen molar-refractivity contribution < 1.29 is 4.79 Å². The lowest BCUT2D eigenvalue weighted by Crippen LogP contribution is -2.46. The van der Waals surface area contributed by atoms with E-state index in [1.165, 1.54) is 25.7 Å². The van der Waals surface area contributed by atoms with Crippen LogP contribution in [-0.2, 0) is 4.79 Å². The van der Waals surface area contributed by atoms with Gasteiger partial charge in [-0.2, -0.15) is 0 Å². The predicted octanol–water partition coefficient (Wildman–Crippen LogP) is 1.57. The van der Waals surface area contributed by atoms with Crippen molar-refractivity contribution in [3.63, 3.8) is 0 Å². The Labute approximate surface area is 115 Å². The Balaban J connectivity index is 0.000001000. The number of rotatable bonds is 2. The van der Waals surface area contributed by atoms with Crippen molar-refractivity contribution in [1.82, 2.24) is 10.6 Å². The van der Waals surface area contributed by atoms with E-state index in [0.717, 1.165) is 43.2 Å². The molecule has 5 atom stereocenters. The lowest BCUT2D eigenvalue weighted by atomic mass is 10.0. The molecule has 1 saturated heterocycles. The first-order valence-corrected chi connectivity index (χ1v) is 7.35. The van der Waals surface area contributed by atoms with Crippen LogP contribution in [0.5, 0.6) is 0 Å². The van der Waals surface area contributed by atoms with E-state index in [1.54, 1.807) is 0 Å². The van der Waals surface area contributed by atoms with Gasteiger partial charge >= 0.3 is 0 Å². The fourth-order valence-corrected chi connectivity index (χ4v) is 4.95. The third-order valence-electron chi connectivity index (χ3n) is 5.68. The van der Waals surface area contributed by atoms with Crippen LogP contribution in [0, 0.1) is 29.6 Å². The maximum absolute atomic E-state index is 12.3. The number of hydrogen-bond donors (Lipinski definition) is 2. The largest absolute Gasteiger partial charge is 0.352 e. The molecule has 4 aliphatic rings. The average Bonchev–Trinajstić information content (AvgIpc) is 2.80. The van der Waals surface area contributed by atoms with E-state index in [-0.39, 0.29) is 12.4 Å². The van der Waals surface area contributed by atoms with Gasteiger partial charge in [0, 0.05) is 18.5 Å². The summed E-state index contributed by atoms with van der Waals surface area (Å²) in [4.78, 5) is 12.3. The van der Waals surface area contributed by atoms with Gasteiger partial charge in [0.15, 0.2) is 0 Å². The zero-order valence-electron chi connectivity index (χ0n) is 10.7. The van der Waals surface area contributed by atoms with Gasteiger partial charge in [0.05, 0.1) is 0 Å². The smallest absolute Gasteiger partial charge is 0.223 e. The molecule has 0 aromatic carbocycles. The van der Waals surface area contributed by atoms with E-state index < -0.39 is 0 Å². The normalized spacial score (nSPS) is 48.2. The van der Waals surface area contributed by atoms with Crippen molar-refractivity contribution in [3.8, 4) is 0 Å². The van der Waals surface area contributed by atoms with E-state index in [0.29, 0.717) is 17.9 Å². The second kappa shape index (κ2) is 4.68. The first-order chi connectivity index (χ1) is 8.34. The molecule has 0 aromatic heterocycles.